The summed E-state index contributed by atoms with van der Waals surface area (Å²) in [7, 11) is 1.98. The van der Waals surface area contributed by atoms with Crippen molar-refractivity contribution in [2.75, 3.05) is 18.5 Å². The molecule has 0 unspecified atom stereocenters. The van der Waals surface area contributed by atoms with Crippen LogP contribution in [0.4, 0.5) is 5.69 Å². The summed E-state index contributed by atoms with van der Waals surface area (Å²) in [4.78, 5) is 8.47. The third-order valence-corrected chi connectivity index (χ3v) is 2.56. The minimum Gasteiger partial charge on any atom is -0.463 e. The number of nitrogens with one attached hydrogen (secondary N) is 1. The lowest BCUT2D eigenvalue weighted by atomic mass is 10.3. The van der Waals surface area contributed by atoms with Gasteiger partial charge in [0, 0.05) is 12.7 Å². The number of imidazole rings is 1. The quantitative estimate of drug-likeness (QED) is 0.783. The second kappa shape index (κ2) is 3.52. The predicted molar refractivity (Wildman–Crippen MR) is 62.6 cm³/mol. The van der Waals surface area contributed by atoms with E-state index in [0.717, 1.165) is 23.3 Å². The van der Waals surface area contributed by atoms with Gasteiger partial charge in [-0.2, -0.15) is 0 Å². The number of ether oxygens (including phenoxy) is 1. The summed E-state index contributed by atoms with van der Waals surface area (Å²) in [5, 5.41) is 3.12. The maximum atomic E-state index is 5.29. The third kappa shape index (κ3) is 1.50. The minimum absolute atomic E-state index is 0.593. The highest BCUT2D eigenvalue weighted by molar-refractivity contribution is 5.92. The zero-order valence-electron chi connectivity index (χ0n) is 8.97. The van der Waals surface area contributed by atoms with Crippen LogP contribution in [0.25, 0.3) is 11.0 Å². The maximum absolute atomic E-state index is 5.29. The molecule has 0 atom stereocenters. The standard InChI is InChI=1S/C11H12N4O/c1-15-7-13-9-6-8(2-3-10(9)15)14-11-12-4-5-16-11/h2-3,6-7H,4-5H2,1H3,(H,12,14). The number of fused-ring (bicyclic) bond motifs is 1. The van der Waals surface area contributed by atoms with Gasteiger partial charge in [0.05, 0.1) is 23.9 Å². The lowest BCUT2D eigenvalue weighted by Crippen LogP contribution is -2.11. The van der Waals surface area contributed by atoms with Crippen LogP contribution in [-0.2, 0) is 11.8 Å². The topological polar surface area (TPSA) is 51.4 Å². The molecule has 5 heteroatoms. The lowest BCUT2D eigenvalue weighted by Gasteiger charge is -2.05. The Morgan fingerprint density at radius 2 is 2.38 bits per heavy atom. The third-order valence-electron chi connectivity index (χ3n) is 2.56. The maximum Gasteiger partial charge on any atom is 0.289 e. The summed E-state index contributed by atoms with van der Waals surface area (Å²) in [6.45, 7) is 1.39. The van der Waals surface area contributed by atoms with Crippen molar-refractivity contribution >= 4 is 22.7 Å². The smallest absolute Gasteiger partial charge is 0.289 e. The first-order valence-electron chi connectivity index (χ1n) is 5.18. The molecule has 1 aliphatic rings. The van der Waals surface area contributed by atoms with E-state index in [4.69, 9.17) is 4.74 Å². The molecule has 0 saturated heterocycles. The van der Waals surface area contributed by atoms with Gasteiger partial charge in [-0.05, 0) is 18.2 Å². The summed E-state index contributed by atoms with van der Waals surface area (Å²) in [5.41, 5.74) is 3.03. The van der Waals surface area contributed by atoms with Crippen molar-refractivity contribution in [1.82, 2.24) is 9.55 Å². The number of aryl methyl sites for hydroxylation is 1. The van der Waals surface area contributed by atoms with Gasteiger partial charge >= 0.3 is 0 Å². The van der Waals surface area contributed by atoms with Gasteiger partial charge in [-0.15, -0.1) is 0 Å². The van der Waals surface area contributed by atoms with Crippen molar-refractivity contribution in [3.63, 3.8) is 0 Å². The Bertz CT molecular complexity index is 558. The molecule has 5 nitrogen and oxygen atoms in total. The zero-order chi connectivity index (χ0) is 11.0. The Morgan fingerprint density at radius 1 is 1.44 bits per heavy atom. The van der Waals surface area contributed by atoms with Crippen LogP contribution >= 0.6 is 0 Å². The molecular weight excluding hydrogens is 204 g/mol. The van der Waals surface area contributed by atoms with Crippen molar-refractivity contribution in [1.29, 1.82) is 0 Å². The fraction of sp³-hybridized carbons (Fsp3) is 0.273. The molecule has 0 bridgehead atoms. The average molecular weight is 216 g/mol. The van der Waals surface area contributed by atoms with E-state index in [1.807, 2.05) is 29.8 Å². The average Bonchev–Trinajstić information content (AvgIpc) is 2.90. The highest BCUT2D eigenvalue weighted by atomic mass is 16.5. The molecular formula is C11H12N4O. The van der Waals surface area contributed by atoms with E-state index in [0.29, 0.717) is 12.6 Å². The second-order valence-electron chi connectivity index (χ2n) is 3.72. The number of aromatic nitrogens is 2. The number of benzene rings is 1. The minimum atomic E-state index is 0.593. The Labute approximate surface area is 92.8 Å². The highest BCUT2D eigenvalue weighted by Gasteiger charge is 2.08. The van der Waals surface area contributed by atoms with Crippen LogP contribution in [0, 0.1) is 0 Å². The van der Waals surface area contributed by atoms with E-state index >= 15 is 0 Å². The number of anilines is 1. The van der Waals surface area contributed by atoms with Crippen LogP contribution < -0.4 is 5.32 Å². The molecule has 1 N–H and O–H groups in total. The monoisotopic (exact) mass is 216 g/mol. The summed E-state index contributed by atoms with van der Waals surface area (Å²) in [5.74, 6) is 0. The normalized spacial score (nSPS) is 14.9. The van der Waals surface area contributed by atoms with Crippen LogP contribution in [0.1, 0.15) is 0 Å². The van der Waals surface area contributed by atoms with Crippen LogP contribution in [0.15, 0.2) is 29.5 Å². The molecule has 0 fully saturated rings. The highest BCUT2D eigenvalue weighted by Crippen LogP contribution is 2.17. The number of amidine groups is 1. The van der Waals surface area contributed by atoms with Crippen molar-refractivity contribution in [3.8, 4) is 0 Å². The summed E-state index contributed by atoms with van der Waals surface area (Å²) in [6.07, 6.45) is 1.80. The van der Waals surface area contributed by atoms with Gasteiger partial charge in [0.25, 0.3) is 6.02 Å². The predicted octanol–water partition coefficient (Wildman–Crippen LogP) is 1.37. The Morgan fingerprint density at radius 3 is 3.19 bits per heavy atom. The Kier molecular flexibility index (Phi) is 2.02. The molecule has 82 valence electrons. The summed E-state index contributed by atoms with van der Waals surface area (Å²) >= 11 is 0. The number of hydrogen-bond acceptors (Lipinski definition) is 4. The van der Waals surface area contributed by atoms with Crippen molar-refractivity contribution in [3.05, 3.63) is 24.5 Å². The molecule has 16 heavy (non-hydrogen) atoms. The number of rotatable bonds is 1. The molecule has 1 aliphatic heterocycles. The van der Waals surface area contributed by atoms with Gasteiger partial charge in [-0.25, -0.2) is 9.98 Å². The first-order chi connectivity index (χ1) is 7.83. The van der Waals surface area contributed by atoms with Gasteiger partial charge in [0.1, 0.15) is 6.61 Å². The molecule has 2 aromatic rings. The van der Waals surface area contributed by atoms with Crippen molar-refractivity contribution < 1.29 is 4.74 Å². The molecule has 1 aromatic heterocycles. The van der Waals surface area contributed by atoms with Crippen LogP contribution in [0.5, 0.6) is 0 Å². The van der Waals surface area contributed by atoms with Gasteiger partial charge in [-0.3, -0.25) is 0 Å². The molecule has 0 spiro atoms. The van der Waals surface area contributed by atoms with Crippen LogP contribution in [0.3, 0.4) is 0 Å². The lowest BCUT2D eigenvalue weighted by molar-refractivity contribution is 0.346. The summed E-state index contributed by atoms with van der Waals surface area (Å²) < 4.78 is 7.28. The largest absolute Gasteiger partial charge is 0.463 e. The van der Waals surface area contributed by atoms with Crippen molar-refractivity contribution in [2.45, 2.75) is 0 Å². The fourth-order valence-corrected chi connectivity index (χ4v) is 1.75. The molecule has 0 amide bonds. The van der Waals surface area contributed by atoms with Crippen LogP contribution in [-0.4, -0.2) is 28.7 Å². The first-order valence-corrected chi connectivity index (χ1v) is 5.18. The number of hydrogen-bond donors (Lipinski definition) is 1. The van der Waals surface area contributed by atoms with Gasteiger partial charge in [0.2, 0.25) is 0 Å². The second-order valence-corrected chi connectivity index (χ2v) is 3.72. The van der Waals surface area contributed by atoms with Gasteiger partial charge < -0.3 is 14.6 Å². The SMILES string of the molecule is Cn1cnc2cc(NC3=NCCO3)ccc21. The molecule has 0 radical (unpaired) electrons. The van der Waals surface area contributed by atoms with Gasteiger partial charge in [0.15, 0.2) is 0 Å². The summed E-state index contributed by atoms with van der Waals surface area (Å²) in [6, 6.07) is 6.60. The molecule has 0 aliphatic carbocycles. The molecule has 0 saturated carbocycles. The number of aliphatic imine (C=N–C) groups is 1. The molecule has 1 aromatic carbocycles. The van der Waals surface area contributed by atoms with Crippen LogP contribution in [0.2, 0.25) is 0 Å². The van der Waals surface area contributed by atoms with E-state index in [1.165, 1.54) is 0 Å². The van der Waals surface area contributed by atoms with Gasteiger partial charge in [-0.1, -0.05) is 0 Å². The Hall–Kier alpha value is -2.04. The van der Waals surface area contributed by atoms with E-state index < -0.39 is 0 Å². The van der Waals surface area contributed by atoms with E-state index in [2.05, 4.69) is 15.3 Å². The van der Waals surface area contributed by atoms with Crippen molar-refractivity contribution in [2.24, 2.45) is 12.0 Å². The molecule has 2 heterocycles. The number of nitrogens with zero attached hydrogens (tertiary/aromatic N) is 3. The zero-order valence-corrected chi connectivity index (χ0v) is 8.97. The fourth-order valence-electron chi connectivity index (χ4n) is 1.75. The van der Waals surface area contributed by atoms with E-state index in [9.17, 15) is 0 Å². The van der Waals surface area contributed by atoms with E-state index in [1.54, 1.807) is 6.33 Å². The first kappa shape index (κ1) is 9.21. The van der Waals surface area contributed by atoms with E-state index in [-0.39, 0.29) is 0 Å². The Balaban J connectivity index is 1.92. The molecule has 3 rings (SSSR count).